The van der Waals surface area contributed by atoms with Crippen LogP contribution in [0, 0.1) is 5.82 Å². The summed E-state index contributed by atoms with van der Waals surface area (Å²) < 4.78 is 21.8. The maximum atomic E-state index is 14.4. The van der Waals surface area contributed by atoms with Crippen LogP contribution in [0.2, 0.25) is 0 Å². The Balaban J connectivity index is 1.56. The predicted molar refractivity (Wildman–Crippen MR) is 129 cm³/mol. The number of nitrogens with one attached hydrogen (secondary N) is 2. The van der Waals surface area contributed by atoms with Crippen LogP contribution >= 0.6 is 11.3 Å². The number of ether oxygens (including phenoxy) is 1. The summed E-state index contributed by atoms with van der Waals surface area (Å²) in [5.41, 5.74) is 6.45. The van der Waals surface area contributed by atoms with Crippen molar-refractivity contribution in [1.29, 1.82) is 0 Å². The monoisotopic (exact) mass is 464 g/mol. The standard InChI is InChI=1S/C25H25FN4O2S/c1-16(19-9-5-6-10-20(19)26)29-30-22(15-33-25(30)27-18-7-3-2-4-8-18)17-11-12-23-21(13-17)28-24(31)14-32-23/h5-6,9-13,15,18,29H,1-4,7-8,14H2,(H,28,31). The minimum absolute atomic E-state index is 0.0131. The lowest BCUT2D eigenvalue weighted by Gasteiger charge is -2.20. The van der Waals surface area contributed by atoms with Crippen LogP contribution in [-0.2, 0) is 4.79 Å². The number of benzene rings is 2. The zero-order valence-electron chi connectivity index (χ0n) is 18.1. The van der Waals surface area contributed by atoms with Gasteiger partial charge in [0, 0.05) is 16.5 Å². The van der Waals surface area contributed by atoms with E-state index in [1.807, 2.05) is 28.3 Å². The number of anilines is 1. The molecule has 1 aliphatic heterocycles. The highest BCUT2D eigenvalue weighted by atomic mass is 32.1. The van der Waals surface area contributed by atoms with Gasteiger partial charge in [-0.05, 0) is 43.2 Å². The summed E-state index contributed by atoms with van der Waals surface area (Å²) in [4.78, 5) is 17.6. The summed E-state index contributed by atoms with van der Waals surface area (Å²) in [5, 5.41) is 4.87. The summed E-state index contributed by atoms with van der Waals surface area (Å²) in [6.45, 7) is 4.09. The van der Waals surface area contributed by atoms with Crippen LogP contribution in [0.25, 0.3) is 17.0 Å². The number of hydrogen-bond donors (Lipinski definition) is 2. The Morgan fingerprint density at radius 1 is 1.21 bits per heavy atom. The first-order chi connectivity index (χ1) is 16.1. The van der Waals surface area contributed by atoms with E-state index in [1.165, 1.54) is 36.7 Å². The van der Waals surface area contributed by atoms with Crippen molar-refractivity contribution in [3.8, 4) is 17.0 Å². The molecule has 6 nitrogen and oxygen atoms in total. The minimum Gasteiger partial charge on any atom is -0.482 e. The first kappa shape index (κ1) is 21.5. The second-order valence-corrected chi connectivity index (χ2v) is 9.11. The molecule has 0 unspecified atom stereocenters. The van der Waals surface area contributed by atoms with Crippen molar-refractivity contribution in [2.45, 2.75) is 38.1 Å². The zero-order valence-corrected chi connectivity index (χ0v) is 19.0. The van der Waals surface area contributed by atoms with Crippen molar-refractivity contribution in [2.24, 2.45) is 4.99 Å². The lowest BCUT2D eigenvalue weighted by Crippen LogP contribution is -2.28. The largest absolute Gasteiger partial charge is 0.482 e. The molecule has 2 heterocycles. The van der Waals surface area contributed by atoms with Crippen LogP contribution in [0.5, 0.6) is 5.75 Å². The topological polar surface area (TPSA) is 67.7 Å². The van der Waals surface area contributed by atoms with Gasteiger partial charge in [-0.3, -0.25) is 15.2 Å². The smallest absolute Gasteiger partial charge is 0.262 e. The molecule has 33 heavy (non-hydrogen) atoms. The lowest BCUT2D eigenvalue weighted by molar-refractivity contribution is -0.118. The SMILES string of the molecule is C=C(Nn1c(-c2ccc3c(c2)NC(=O)CO3)csc1=NC1CCCCC1)c1ccccc1F. The summed E-state index contributed by atoms with van der Waals surface area (Å²) in [7, 11) is 0. The Hall–Kier alpha value is -3.39. The Bertz CT molecular complexity index is 1270. The van der Waals surface area contributed by atoms with Crippen molar-refractivity contribution >= 4 is 28.6 Å². The highest BCUT2D eigenvalue weighted by Gasteiger charge is 2.19. The molecule has 0 spiro atoms. The van der Waals surface area contributed by atoms with Crippen LogP contribution in [0.15, 0.2) is 59.4 Å². The van der Waals surface area contributed by atoms with Crippen LogP contribution in [-0.4, -0.2) is 23.2 Å². The molecule has 3 aromatic rings. The van der Waals surface area contributed by atoms with Gasteiger partial charge in [-0.25, -0.2) is 9.07 Å². The number of nitrogens with zero attached hydrogens (tertiary/aromatic N) is 2. The molecule has 1 aromatic heterocycles. The molecule has 5 rings (SSSR count). The van der Waals surface area contributed by atoms with E-state index in [2.05, 4.69) is 17.3 Å². The summed E-state index contributed by atoms with van der Waals surface area (Å²) in [5.74, 6) is 0.111. The number of hydrogen-bond acceptors (Lipinski definition) is 5. The van der Waals surface area contributed by atoms with E-state index in [4.69, 9.17) is 9.73 Å². The maximum Gasteiger partial charge on any atom is 0.262 e. The van der Waals surface area contributed by atoms with E-state index in [1.54, 1.807) is 18.2 Å². The highest BCUT2D eigenvalue weighted by Crippen LogP contribution is 2.33. The number of carbonyl (C=O) groups excluding carboxylic acids is 1. The van der Waals surface area contributed by atoms with Crippen LogP contribution in [0.1, 0.15) is 37.7 Å². The van der Waals surface area contributed by atoms with E-state index in [0.717, 1.165) is 28.9 Å². The van der Waals surface area contributed by atoms with Crippen molar-refractivity contribution in [3.63, 3.8) is 0 Å². The van der Waals surface area contributed by atoms with Gasteiger partial charge in [0.1, 0.15) is 11.6 Å². The molecule has 170 valence electrons. The summed E-state index contributed by atoms with van der Waals surface area (Å²) >= 11 is 1.52. The Morgan fingerprint density at radius 2 is 2.03 bits per heavy atom. The summed E-state index contributed by atoms with van der Waals surface area (Å²) in [6.07, 6.45) is 5.78. The molecule has 0 saturated heterocycles. The van der Waals surface area contributed by atoms with Crippen molar-refractivity contribution in [3.05, 3.63) is 70.6 Å². The van der Waals surface area contributed by atoms with Crippen LogP contribution in [0.4, 0.5) is 10.1 Å². The lowest BCUT2D eigenvalue weighted by atomic mass is 9.96. The number of amides is 1. The zero-order chi connectivity index (χ0) is 22.8. The number of halogens is 1. The first-order valence-electron chi connectivity index (χ1n) is 11.1. The fraction of sp³-hybridized carbons (Fsp3) is 0.280. The number of fused-ring (bicyclic) bond motifs is 1. The third-order valence-electron chi connectivity index (χ3n) is 5.93. The summed E-state index contributed by atoms with van der Waals surface area (Å²) in [6, 6.07) is 12.5. The van der Waals surface area contributed by atoms with Crippen molar-refractivity contribution in [1.82, 2.24) is 4.68 Å². The minimum atomic E-state index is -0.341. The van der Waals surface area contributed by atoms with Crippen LogP contribution in [0.3, 0.4) is 0 Å². The fourth-order valence-electron chi connectivity index (χ4n) is 4.22. The van der Waals surface area contributed by atoms with Gasteiger partial charge in [-0.2, -0.15) is 0 Å². The van der Waals surface area contributed by atoms with Crippen molar-refractivity contribution in [2.75, 3.05) is 17.3 Å². The molecule has 1 aliphatic carbocycles. The van der Waals surface area contributed by atoms with Gasteiger partial charge in [0.05, 0.1) is 23.1 Å². The Morgan fingerprint density at radius 3 is 2.85 bits per heavy atom. The second-order valence-electron chi connectivity index (χ2n) is 8.28. The molecule has 8 heteroatoms. The first-order valence-corrected chi connectivity index (χ1v) is 12.0. The number of thiazole rings is 1. The van der Waals surface area contributed by atoms with Gasteiger partial charge in [0.2, 0.25) is 4.80 Å². The van der Waals surface area contributed by atoms with Gasteiger partial charge < -0.3 is 10.1 Å². The quantitative estimate of drug-likeness (QED) is 0.550. The Labute approximate surface area is 195 Å². The third-order valence-corrected chi connectivity index (χ3v) is 6.77. The number of aromatic nitrogens is 1. The van der Waals surface area contributed by atoms with Gasteiger partial charge >= 0.3 is 0 Å². The normalized spacial score (nSPS) is 16.6. The van der Waals surface area contributed by atoms with Gasteiger partial charge in [0.15, 0.2) is 6.61 Å². The number of rotatable bonds is 5. The number of carbonyl (C=O) groups is 1. The second kappa shape index (κ2) is 9.23. The molecule has 0 bridgehead atoms. The van der Waals surface area contributed by atoms with Gasteiger partial charge in [0.25, 0.3) is 5.91 Å². The molecule has 2 aromatic carbocycles. The molecule has 1 fully saturated rings. The third kappa shape index (κ3) is 4.57. The van der Waals surface area contributed by atoms with E-state index >= 15 is 0 Å². The van der Waals surface area contributed by atoms with Gasteiger partial charge in [-0.1, -0.05) is 38.0 Å². The molecule has 2 aliphatic rings. The molecule has 2 N–H and O–H groups in total. The highest BCUT2D eigenvalue weighted by molar-refractivity contribution is 7.07. The maximum absolute atomic E-state index is 14.4. The Kier molecular flexibility index (Phi) is 6.00. The van der Waals surface area contributed by atoms with E-state index in [9.17, 15) is 9.18 Å². The molecule has 0 atom stereocenters. The van der Waals surface area contributed by atoms with E-state index in [0.29, 0.717) is 22.7 Å². The molecule has 1 amide bonds. The average molecular weight is 465 g/mol. The molecule has 1 saturated carbocycles. The molecular formula is C25H25FN4O2S. The van der Waals surface area contributed by atoms with Crippen LogP contribution < -0.4 is 20.3 Å². The van der Waals surface area contributed by atoms with E-state index < -0.39 is 0 Å². The molecule has 0 radical (unpaired) electrons. The fourth-order valence-corrected chi connectivity index (χ4v) is 5.14. The van der Waals surface area contributed by atoms with Gasteiger partial charge in [-0.15, -0.1) is 11.3 Å². The molecular weight excluding hydrogens is 439 g/mol. The van der Waals surface area contributed by atoms with Crippen molar-refractivity contribution < 1.29 is 13.9 Å². The van der Waals surface area contributed by atoms with E-state index in [-0.39, 0.29) is 24.4 Å². The predicted octanol–water partition coefficient (Wildman–Crippen LogP) is 5.13. The average Bonchev–Trinajstić information content (AvgIpc) is 3.21.